The molecule has 0 unspecified atom stereocenters. The van der Waals surface area contributed by atoms with Crippen LogP contribution in [0.5, 0.6) is 0 Å². The van der Waals surface area contributed by atoms with Gasteiger partial charge in [0.1, 0.15) is 0 Å². The van der Waals surface area contributed by atoms with Gasteiger partial charge in [-0.15, -0.1) is 0 Å². The second kappa shape index (κ2) is 7.63. The summed E-state index contributed by atoms with van der Waals surface area (Å²) in [5, 5.41) is -0.236. The maximum atomic E-state index is 12.8. The van der Waals surface area contributed by atoms with E-state index >= 15 is 0 Å². The molecule has 0 saturated heterocycles. The first-order valence-electron chi connectivity index (χ1n) is 9.88. The van der Waals surface area contributed by atoms with E-state index in [1.165, 1.54) is 5.56 Å². The van der Waals surface area contributed by atoms with E-state index in [0.717, 1.165) is 61.0 Å². The SMILES string of the molecule is CCc1c(CC)c(-c2ccc(S(=O)(=O)C3CCCC3)cc2)n(C)c1C(C)=O. The number of rotatable bonds is 6. The molecule has 0 aliphatic heterocycles. The summed E-state index contributed by atoms with van der Waals surface area (Å²) in [6, 6.07) is 7.24. The van der Waals surface area contributed by atoms with Crippen molar-refractivity contribution in [1.82, 2.24) is 4.57 Å². The van der Waals surface area contributed by atoms with Crippen LogP contribution in [0, 0.1) is 0 Å². The first kappa shape index (κ1) is 19.9. The number of aromatic nitrogens is 1. The second-order valence-corrected chi connectivity index (χ2v) is 9.68. The molecule has 2 aromatic rings. The largest absolute Gasteiger partial charge is 0.341 e. The number of sulfone groups is 1. The van der Waals surface area contributed by atoms with Crippen LogP contribution in [-0.2, 0) is 29.7 Å². The summed E-state index contributed by atoms with van der Waals surface area (Å²) in [6.07, 6.45) is 5.17. The highest BCUT2D eigenvalue weighted by molar-refractivity contribution is 7.92. The molecule has 0 radical (unpaired) electrons. The lowest BCUT2D eigenvalue weighted by Gasteiger charge is -2.13. The van der Waals surface area contributed by atoms with E-state index in [-0.39, 0.29) is 11.0 Å². The number of Topliss-reactive ketones (excluding diaryl/α,β-unsaturated/α-hetero) is 1. The topological polar surface area (TPSA) is 56.1 Å². The molecule has 1 saturated carbocycles. The molecule has 3 rings (SSSR count). The van der Waals surface area contributed by atoms with E-state index in [9.17, 15) is 13.2 Å². The summed E-state index contributed by atoms with van der Waals surface area (Å²) in [7, 11) is -1.32. The third-order valence-corrected chi connectivity index (χ3v) is 8.12. The standard InChI is InChI=1S/C22H29NO3S/c1-5-19-20(6-2)22(23(4)21(19)15(3)24)16-11-13-18(14-12-16)27(25,26)17-9-7-8-10-17/h11-14,17H,5-10H2,1-4H3. The quantitative estimate of drug-likeness (QED) is 0.673. The number of benzene rings is 1. The van der Waals surface area contributed by atoms with Crippen molar-refractivity contribution in [3.63, 3.8) is 0 Å². The minimum atomic E-state index is -3.25. The normalized spacial score (nSPS) is 15.4. The molecular formula is C22H29NO3S. The molecule has 27 heavy (non-hydrogen) atoms. The zero-order valence-corrected chi connectivity index (χ0v) is 17.5. The minimum absolute atomic E-state index is 0.0655. The molecular weight excluding hydrogens is 358 g/mol. The first-order chi connectivity index (χ1) is 12.8. The zero-order chi connectivity index (χ0) is 19.8. The fourth-order valence-corrected chi connectivity index (χ4v) is 6.43. The van der Waals surface area contributed by atoms with Gasteiger partial charge in [-0.1, -0.05) is 38.8 Å². The Kier molecular flexibility index (Phi) is 5.61. The van der Waals surface area contributed by atoms with Crippen LogP contribution in [0.3, 0.4) is 0 Å². The maximum absolute atomic E-state index is 12.8. The van der Waals surface area contributed by atoms with Crippen LogP contribution in [0.1, 0.15) is 68.1 Å². The molecule has 5 heteroatoms. The van der Waals surface area contributed by atoms with Crippen LogP contribution in [0.2, 0.25) is 0 Å². The van der Waals surface area contributed by atoms with Crippen LogP contribution in [0.4, 0.5) is 0 Å². The van der Waals surface area contributed by atoms with Crippen molar-refractivity contribution in [3.05, 3.63) is 41.1 Å². The molecule has 0 amide bonds. The van der Waals surface area contributed by atoms with Gasteiger partial charge in [-0.3, -0.25) is 4.79 Å². The number of nitrogens with zero attached hydrogens (tertiary/aromatic N) is 1. The van der Waals surface area contributed by atoms with Crippen molar-refractivity contribution in [3.8, 4) is 11.3 Å². The lowest BCUT2D eigenvalue weighted by Crippen LogP contribution is -2.17. The van der Waals surface area contributed by atoms with Crippen molar-refractivity contribution in [2.45, 2.75) is 69.4 Å². The van der Waals surface area contributed by atoms with Crippen molar-refractivity contribution in [2.24, 2.45) is 7.05 Å². The summed E-state index contributed by atoms with van der Waals surface area (Å²) < 4.78 is 27.6. The van der Waals surface area contributed by atoms with Gasteiger partial charge >= 0.3 is 0 Å². The molecule has 1 fully saturated rings. The molecule has 0 atom stereocenters. The number of carbonyl (C=O) groups is 1. The van der Waals surface area contributed by atoms with Gasteiger partial charge in [-0.25, -0.2) is 8.42 Å². The molecule has 146 valence electrons. The fraction of sp³-hybridized carbons (Fsp3) is 0.500. The Morgan fingerprint density at radius 1 is 1.04 bits per heavy atom. The van der Waals surface area contributed by atoms with Crippen LogP contribution >= 0.6 is 0 Å². The van der Waals surface area contributed by atoms with Gasteiger partial charge in [-0.05, 0) is 54.5 Å². The van der Waals surface area contributed by atoms with E-state index in [4.69, 9.17) is 0 Å². The summed E-state index contributed by atoms with van der Waals surface area (Å²) >= 11 is 0. The lowest BCUT2D eigenvalue weighted by atomic mass is 9.99. The zero-order valence-electron chi connectivity index (χ0n) is 16.7. The lowest BCUT2D eigenvalue weighted by molar-refractivity contribution is 0.100. The Hall–Kier alpha value is -1.88. The van der Waals surface area contributed by atoms with Gasteiger partial charge in [0.15, 0.2) is 15.6 Å². The van der Waals surface area contributed by atoms with Crippen molar-refractivity contribution in [2.75, 3.05) is 0 Å². The van der Waals surface area contributed by atoms with Crippen LogP contribution in [-0.4, -0.2) is 24.0 Å². The predicted molar refractivity (Wildman–Crippen MR) is 109 cm³/mol. The van der Waals surface area contributed by atoms with Gasteiger partial charge in [0, 0.05) is 14.0 Å². The summed E-state index contributed by atoms with van der Waals surface area (Å²) in [5.41, 5.74) is 5.01. The van der Waals surface area contributed by atoms with Gasteiger partial charge in [0.25, 0.3) is 0 Å². The molecule has 0 spiro atoms. The number of hydrogen-bond acceptors (Lipinski definition) is 3. The van der Waals surface area contributed by atoms with E-state index in [1.807, 2.05) is 23.7 Å². The molecule has 0 N–H and O–H groups in total. The Balaban J connectivity index is 2.07. The molecule has 1 aromatic carbocycles. The molecule has 4 nitrogen and oxygen atoms in total. The maximum Gasteiger partial charge on any atom is 0.181 e. The Morgan fingerprint density at radius 3 is 2.07 bits per heavy atom. The van der Waals surface area contributed by atoms with Crippen LogP contribution < -0.4 is 0 Å². The van der Waals surface area contributed by atoms with Gasteiger partial charge in [-0.2, -0.15) is 0 Å². The van der Waals surface area contributed by atoms with Gasteiger partial charge in [0.05, 0.1) is 21.5 Å². The van der Waals surface area contributed by atoms with Crippen molar-refractivity contribution >= 4 is 15.6 Å². The first-order valence-corrected chi connectivity index (χ1v) is 11.4. The molecule has 1 aromatic heterocycles. The summed E-state index contributed by atoms with van der Waals surface area (Å²) in [5.74, 6) is 0.0655. The highest BCUT2D eigenvalue weighted by Gasteiger charge is 2.30. The van der Waals surface area contributed by atoms with Crippen LogP contribution in [0.25, 0.3) is 11.3 Å². The van der Waals surface area contributed by atoms with E-state index in [2.05, 4.69) is 13.8 Å². The Labute approximate surface area is 162 Å². The van der Waals surface area contributed by atoms with Crippen molar-refractivity contribution < 1.29 is 13.2 Å². The van der Waals surface area contributed by atoms with E-state index < -0.39 is 9.84 Å². The summed E-state index contributed by atoms with van der Waals surface area (Å²) in [6.45, 7) is 5.78. The monoisotopic (exact) mass is 387 g/mol. The van der Waals surface area contributed by atoms with E-state index in [0.29, 0.717) is 4.90 Å². The third-order valence-electron chi connectivity index (χ3n) is 5.84. The molecule has 1 aliphatic carbocycles. The smallest absolute Gasteiger partial charge is 0.181 e. The minimum Gasteiger partial charge on any atom is -0.341 e. The predicted octanol–water partition coefficient (Wildman–Crippen LogP) is 4.74. The Morgan fingerprint density at radius 2 is 1.59 bits per heavy atom. The number of hydrogen-bond donors (Lipinski definition) is 0. The average Bonchev–Trinajstić information content (AvgIpc) is 3.27. The molecule has 1 aliphatic rings. The van der Waals surface area contributed by atoms with Crippen molar-refractivity contribution in [1.29, 1.82) is 0 Å². The van der Waals surface area contributed by atoms with Gasteiger partial charge in [0.2, 0.25) is 0 Å². The molecule has 0 bridgehead atoms. The summed E-state index contributed by atoms with van der Waals surface area (Å²) in [4.78, 5) is 12.6. The highest BCUT2D eigenvalue weighted by atomic mass is 32.2. The average molecular weight is 388 g/mol. The third kappa shape index (κ3) is 3.38. The van der Waals surface area contributed by atoms with E-state index in [1.54, 1.807) is 19.1 Å². The second-order valence-electron chi connectivity index (χ2n) is 7.45. The van der Waals surface area contributed by atoms with Crippen LogP contribution in [0.15, 0.2) is 29.2 Å². The number of carbonyl (C=O) groups excluding carboxylic acids is 1. The van der Waals surface area contributed by atoms with Gasteiger partial charge < -0.3 is 4.57 Å². The molecule has 1 heterocycles. The highest BCUT2D eigenvalue weighted by Crippen LogP contribution is 2.34. The Bertz CT molecular complexity index is 946. The number of ketones is 1. The fourth-order valence-electron chi connectivity index (χ4n) is 4.57.